The van der Waals surface area contributed by atoms with Crippen LogP contribution in [0.3, 0.4) is 0 Å². The molecule has 1 rings (SSSR count). The van der Waals surface area contributed by atoms with Crippen LogP contribution in [-0.4, -0.2) is 29.6 Å². The highest BCUT2D eigenvalue weighted by atomic mass is 19.1. The maximum Gasteiger partial charge on any atom is 0.126 e. The van der Waals surface area contributed by atoms with E-state index in [1.807, 2.05) is 6.07 Å². The summed E-state index contributed by atoms with van der Waals surface area (Å²) in [7, 11) is 0. The van der Waals surface area contributed by atoms with Crippen molar-refractivity contribution < 1.29 is 9.50 Å². The molecule has 108 valence electrons. The lowest BCUT2D eigenvalue weighted by Gasteiger charge is -2.22. The standard InChI is InChI=1S/C16H26FNO/c1-4-6-10-18(5-2)11-9-16(19)14-8-7-13(3)15(17)12-14/h7-8,12,16,19H,4-6,9-11H2,1-3H3. The van der Waals surface area contributed by atoms with Crippen molar-refractivity contribution in [1.82, 2.24) is 4.90 Å². The molecule has 1 unspecified atom stereocenters. The Morgan fingerprint density at radius 3 is 2.58 bits per heavy atom. The third-order valence-corrected chi connectivity index (χ3v) is 3.57. The molecule has 0 fully saturated rings. The monoisotopic (exact) mass is 267 g/mol. The van der Waals surface area contributed by atoms with Crippen LogP contribution < -0.4 is 0 Å². The van der Waals surface area contributed by atoms with Gasteiger partial charge in [0.1, 0.15) is 5.82 Å². The molecule has 0 aliphatic heterocycles. The zero-order valence-corrected chi connectivity index (χ0v) is 12.3. The molecule has 0 bridgehead atoms. The van der Waals surface area contributed by atoms with Gasteiger partial charge in [-0.1, -0.05) is 32.4 Å². The fraction of sp³-hybridized carbons (Fsp3) is 0.625. The molecular formula is C16H26FNO. The molecule has 0 heterocycles. The summed E-state index contributed by atoms with van der Waals surface area (Å²) in [5.41, 5.74) is 1.30. The minimum absolute atomic E-state index is 0.241. The number of aryl methyl sites for hydroxylation is 1. The average Bonchev–Trinajstić information content (AvgIpc) is 2.41. The van der Waals surface area contributed by atoms with E-state index in [2.05, 4.69) is 18.7 Å². The van der Waals surface area contributed by atoms with E-state index >= 15 is 0 Å². The maximum atomic E-state index is 13.4. The van der Waals surface area contributed by atoms with Crippen molar-refractivity contribution in [3.8, 4) is 0 Å². The van der Waals surface area contributed by atoms with E-state index in [0.717, 1.165) is 19.6 Å². The molecule has 0 aromatic heterocycles. The molecule has 1 N–H and O–H groups in total. The summed E-state index contributed by atoms with van der Waals surface area (Å²) in [6.07, 6.45) is 2.44. The van der Waals surface area contributed by atoms with Gasteiger partial charge in [0.15, 0.2) is 0 Å². The number of halogens is 1. The number of unbranched alkanes of at least 4 members (excludes halogenated alkanes) is 1. The number of hydrogen-bond acceptors (Lipinski definition) is 2. The molecule has 0 aliphatic carbocycles. The van der Waals surface area contributed by atoms with Crippen molar-refractivity contribution in [2.75, 3.05) is 19.6 Å². The average molecular weight is 267 g/mol. The third-order valence-electron chi connectivity index (χ3n) is 3.57. The Hall–Kier alpha value is -0.930. The van der Waals surface area contributed by atoms with Crippen LogP contribution in [0.4, 0.5) is 4.39 Å². The number of benzene rings is 1. The summed E-state index contributed by atoms with van der Waals surface area (Å²) in [6, 6.07) is 4.98. The Balaban J connectivity index is 2.49. The molecule has 3 heteroatoms. The number of aliphatic hydroxyl groups is 1. The van der Waals surface area contributed by atoms with Crippen molar-refractivity contribution in [2.24, 2.45) is 0 Å². The quantitative estimate of drug-likeness (QED) is 0.776. The highest BCUT2D eigenvalue weighted by molar-refractivity contribution is 5.24. The number of nitrogens with zero attached hydrogens (tertiary/aromatic N) is 1. The van der Waals surface area contributed by atoms with Gasteiger partial charge in [-0.2, -0.15) is 0 Å². The summed E-state index contributed by atoms with van der Waals surface area (Å²) < 4.78 is 13.4. The number of rotatable bonds is 8. The van der Waals surface area contributed by atoms with Crippen LogP contribution in [0.2, 0.25) is 0 Å². The van der Waals surface area contributed by atoms with E-state index in [1.165, 1.54) is 18.9 Å². The van der Waals surface area contributed by atoms with Crippen LogP contribution in [0.1, 0.15) is 50.3 Å². The van der Waals surface area contributed by atoms with Gasteiger partial charge >= 0.3 is 0 Å². The summed E-state index contributed by atoms with van der Waals surface area (Å²) >= 11 is 0. The molecule has 19 heavy (non-hydrogen) atoms. The molecular weight excluding hydrogens is 241 g/mol. The normalized spacial score (nSPS) is 12.9. The van der Waals surface area contributed by atoms with Gasteiger partial charge in [-0.05, 0) is 50.0 Å². The minimum Gasteiger partial charge on any atom is -0.388 e. The SMILES string of the molecule is CCCCN(CC)CCC(O)c1ccc(C)c(F)c1. The van der Waals surface area contributed by atoms with Gasteiger partial charge in [0.05, 0.1) is 6.10 Å². The van der Waals surface area contributed by atoms with Gasteiger partial charge in [0.2, 0.25) is 0 Å². The Morgan fingerprint density at radius 1 is 1.26 bits per heavy atom. The molecule has 1 aromatic rings. The largest absolute Gasteiger partial charge is 0.388 e. The Morgan fingerprint density at radius 2 is 2.00 bits per heavy atom. The molecule has 0 spiro atoms. The highest BCUT2D eigenvalue weighted by Gasteiger charge is 2.11. The first-order chi connectivity index (χ1) is 9.08. The molecule has 0 amide bonds. The van der Waals surface area contributed by atoms with E-state index < -0.39 is 6.10 Å². The maximum absolute atomic E-state index is 13.4. The summed E-state index contributed by atoms with van der Waals surface area (Å²) in [6.45, 7) is 8.96. The van der Waals surface area contributed by atoms with Crippen LogP contribution in [0, 0.1) is 12.7 Å². The van der Waals surface area contributed by atoms with E-state index in [9.17, 15) is 9.50 Å². The van der Waals surface area contributed by atoms with Crippen molar-refractivity contribution >= 4 is 0 Å². The lowest BCUT2D eigenvalue weighted by Crippen LogP contribution is -2.26. The van der Waals surface area contributed by atoms with Crippen LogP contribution in [0.5, 0.6) is 0 Å². The topological polar surface area (TPSA) is 23.5 Å². The first-order valence-corrected chi connectivity index (χ1v) is 7.25. The zero-order valence-electron chi connectivity index (χ0n) is 12.3. The molecule has 0 radical (unpaired) electrons. The summed E-state index contributed by atoms with van der Waals surface area (Å²) in [4.78, 5) is 2.33. The van der Waals surface area contributed by atoms with Crippen LogP contribution in [-0.2, 0) is 0 Å². The number of aliphatic hydroxyl groups excluding tert-OH is 1. The van der Waals surface area contributed by atoms with Crippen molar-refractivity contribution in [3.05, 3.63) is 35.1 Å². The smallest absolute Gasteiger partial charge is 0.126 e. The van der Waals surface area contributed by atoms with Crippen LogP contribution in [0.15, 0.2) is 18.2 Å². The first kappa shape index (κ1) is 16.1. The summed E-state index contributed by atoms with van der Waals surface area (Å²) in [5, 5.41) is 10.1. The molecule has 0 saturated heterocycles. The third kappa shape index (κ3) is 5.29. The Kier molecular flexibility index (Phi) is 7.03. The second-order valence-corrected chi connectivity index (χ2v) is 5.10. The second kappa shape index (κ2) is 8.28. The van der Waals surface area contributed by atoms with Gasteiger partial charge in [0, 0.05) is 6.54 Å². The highest BCUT2D eigenvalue weighted by Crippen LogP contribution is 2.19. The van der Waals surface area contributed by atoms with Gasteiger partial charge in [-0.25, -0.2) is 4.39 Å². The molecule has 0 saturated carbocycles. The van der Waals surface area contributed by atoms with Gasteiger partial charge in [0.25, 0.3) is 0 Å². The van der Waals surface area contributed by atoms with E-state index in [4.69, 9.17) is 0 Å². The first-order valence-electron chi connectivity index (χ1n) is 7.25. The van der Waals surface area contributed by atoms with E-state index in [0.29, 0.717) is 17.5 Å². The Bertz CT molecular complexity index is 381. The lowest BCUT2D eigenvalue weighted by molar-refractivity contribution is 0.142. The predicted molar refractivity (Wildman–Crippen MR) is 77.7 cm³/mol. The molecule has 0 aliphatic rings. The minimum atomic E-state index is -0.578. The predicted octanol–water partition coefficient (Wildman–Crippen LogP) is 3.68. The summed E-state index contributed by atoms with van der Waals surface area (Å²) in [5.74, 6) is -0.241. The lowest BCUT2D eigenvalue weighted by atomic mass is 10.0. The molecule has 1 atom stereocenters. The van der Waals surface area contributed by atoms with Crippen molar-refractivity contribution in [3.63, 3.8) is 0 Å². The van der Waals surface area contributed by atoms with Crippen molar-refractivity contribution in [1.29, 1.82) is 0 Å². The van der Waals surface area contributed by atoms with Crippen LogP contribution in [0.25, 0.3) is 0 Å². The van der Waals surface area contributed by atoms with E-state index in [-0.39, 0.29) is 5.82 Å². The number of hydrogen-bond donors (Lipinski definition) is 1. The fourth-order valence-electron chi connectivity index (χ4n) is 2.10. The van der Waals surface area contributed by atoms with Gasteiger partial charge in [-0.3, -0.25) is 0 Å². The van der Waals surface area contributed by atoms with Crippen molar-refractivity contribution in [2.45, 2.75) is 46.1 Å². The molecule has 1 aromatic carbocycles. The Labute approximate surface area is 116 Å². The van der Waals surface area contributed by atoms with Crippen LogP contribution >= 0.6 is 0 Å². The van der Waals surface area contributed by atoms with Gasteiger partial charge in [-0.15, -0.1) is 0 Å². The van der Waals surface area contributed by atoms with Gasteiger partial charge < -0.3 is 10.0 Å². The molecule has 2 nitrogen and oxygen atoms in total. The second-order valence-electron chi connectivity index (χ2n) is 5.10. The zero-order chi connectivity index (χ0) is 14.3. The van der Waals surface area contributed by atoms with E-state index in [1.54, 1.807) is 13.0 Å². The fourth-order valence-corrected chi connectivity index (χ4v) is 2.10.